The molecule has 0 bridgehead atoms. The van der Waals surface area contributed by atoms with E-state index in [1.165, 1.54) is 0 Å². The molecule has 0 N–H and O–H groups in total. The van der Waals surface area contributed by atoms with E-state index in [0.717, 1.165) is 49.3 Å². The Bertz CT molecular complexity index is 853. The van der Waals surface area contributed by atoms with Crippen molar-refractivity contribution in [2.45, 2.75) is 6.92 Å². The van der Waals surface area contributed by atoms with E-state index in [0.29, 0.717) is 5.02 Å². The molecule has 3 aromatic rings. The minimum absolute atomic E-state index is 0.689. The quantitative estimate of drug-likeness (QED) is 0.718. The second-order valence-corrected chi connectivity index (χ2v) is 6.34. The van der Waals surface area contributed by atoms with Gasteiger partial charge in [-0.3, -0.25) is 0 Å². The van der Waals surface area contributed by atoms with Crippen molar-refractivity contribution in [3.05, 3.63) is 53.4 Å². The summed E-state index contributed by atoms with van der Waals surface area (Å²) < 4.78 is 1.73. The van der Waals surface area contributed by atoms with Crippen molar-refractivity contribution >= 4 is 23.2 Å². The number of hydrogen-bond acceptors (Lipinski definition) is 6. The van der Waals surface area contributed by atoms with Gasteiger partial charge in [-0.15, -0.1) is 10.2 Å². The minimum Gasteiger partial charge on any atom is -0.352 e. The third kappa shape index (κ3) is 3.28. The molecular formula is C17H18ClN7. The predicted octanol–water partition coefficient (Wildman–Crippen LogP) is 2.35. The van der Waals surface area contributed by atoms with Crippen LogP contribution in [-0.4, -0.2) is 51.1 Å². The van der Waals surface area contributed by atoms with Gasteiger partial charge in [0.15, 0.2) is 11.6 Å². The van der Waals surface area contributed by atoms with E-state index >= 15 is 0 Å². The zero-order valence-electron chi connectivity index (χ0n) is 13.9. The molecular weight excluding hydrogens is 338 g/mol. The van der Waals surface area contributed by atoms with Gasteiger partial charge in [0.1, 0.15) is 5.82 Å². The van der Waals surface area contributed by atoms with E-state index < -0.39 is 0 Å². The summed E-state index contributed by atoms with van der Waals surface area (Å²) in [5, 5.41) is 13.7. The number of halogens is 1. The molecule has 0 radical (unpaired) electrons. The zero-order chi connectivity index (χ0) is 17.2. The highest BCUT2D eigenvalue weighted by molar-refractivity contribution is 6.32. The number of hydrogen-bond donors (Lipinski definition) is 0. The van der Waals surface area contributed by atoms with Crippen molar-refractivity contribution in [2.24, 2.45) is 0 Å². The highest BCUT2D eigenvalue weighted by Gasteiger charge is 2.20. The average Bonchev–Trinajstić information content (AvgIpc) is 3.09. The Labute approximate surface area is 150 Å². The third-order valence-electron chi connectivity index (χ3n) is 4.24. The van der Waals surface area contributed by atoms with Gasteiger partial charge in [-0.2, -0.15) is 5.10 Å². The van der Waals surface area contributed by atoms with Crippen LogP contribution < -0.4 is 9.80 Å². The first-order valence-corrected chi connectivity index (χ1v) is 8.55. The standard InChI is InChI=1S/C17H18ClN7/c1-13-6-8-25(22-13)16-5-4-15(20-21-16)23-9-11-24(12-10-23)17-14(18)3-2-7-19-17/h2-8H,9-12H2,1H3. The van der Waals surface area contributed by atoms with E-state index in [2.05, 4.69) is 30.1 Å². The molecule has 0 saturated carbocycles. The van der Waals surface area contributed by atoms with E-state index in [-0.39, 0.29) is 0 Å². The van der Waals surface area contributed by atoms with Gasteiger partial charge >= 0.3 is 0 Å². The largest absolute Gasteiger partial charge is 0.352 e. The Balaban J connectivity index is 1.43. The van der Waals surface area contributed by atoms with Gasteiger partial charge in [-0.05, 0) is 37.3 Å². The molecule has 1 fully saturated rings. The number of rotatable bonds is 3. The molecule has 4 rings (SSSR count). The Morgan fingerprint density at radius 1 is 0.920 bits per heavy atom. The topological polar surface area (TPSA) is 63.0 Å². The van der Waals surface area contributed by atoms with Crippen LogP contribution in [0.4, 0.5) is 11.6 Å². The minimum atomic E-state index is 0.689. The van der Waals surface area contributed by atoms with E-state index in [1.807, 2.05) is 43.5 Å². The fraction of sp³-hybridized carbons (Fsp3) is 0.294. The maximum Gasteiger partial charge on any atom is 0.175 e. The fourth-order valence-corrected chi connectivity index (χ4v) is 3.15. The van der Waals surface area contributed by atoms with Crippen LogP contribution >= 0.6 is 11.6 Å². The van der Waals surface area contributed by atoms with Crippen molar-refractivity contribution in [3.63, 3.8) is 0 Å². The van der Waals surface area contributed by atoms with E-state index in [1.54, 1.807) is 10.9 Å². The molecule has 1 aliphatic rings. The van der Waals surface area contributed by atoms with Gasteiger partial charge < -0.3 is 9.80 Å². The highest BCUT2D eigenvalue weighted by atomic mass is 35.5. The van der Waals surface area contributed by atoms with Crippen LogP contribution in [0.2, 0.25) is 5.02 Å². The molecule has 0 amide bonds. The molecule has 25 heavy (non-hydrogen) atoms. The molecule has 8 heteroatoms. The summed E-state index contributed by atoms with van der Waals surface area (Å²) in [4.78, 5) is 8.81. The predicted molar refractivity (Wildman–Crippen MR) is 97.6 cm³/mol. The summed E-state index contributed by atoms with van der Waals surface area (Å²) in [6.07, 6.45) is 3.66. The first-order chi connectivity index (χ1) is 12.2. The Morgan fingerprint density at radius 2 is 1.64 bits per heavy atom. The lowest BCUT2D eigenvalue weighted by molar-refractivity contribution is 0.637. The molecule has 1 saturated heterocycles. The molecule has 0 aromatic carbocycles. The number of anilines is 2. The van der Waals surface area contributed by atoms with Crippen molar-refractivity contribution in [1.82, 2.24) is 25.0 Å². The summed E-state index contributed by atoms with van der Waals surface area (Å²) in [6.45, 7) is 5.34. The van der Waals surface area contributed by atoms with Crippen molar-refractivity contribution in [1.29, 1.82) is 0 Å². The van der Waals surface area contributed by atoms with Crippen LogP contribution in [0.15, 0.2) is 42.7 Å². The monoisotopic (exact) mass is 355 g/mol. The lowest BCUT2D eigenvalue weighted by Gasteiger charge is -2.36. The lowest BCUT2D eigenvalue weighted by Crippen LogP contribution is -2.47. The van der Waals surface area contributed by atoms with Crippen LogP contribution in [0.1, 0.15) is 5.69 Å². The molecule has 4 heterocycles. The maximum atomic E-state index is 6.24. The van der Waals surface area contributed by atoms with E-state index in [4.69, 9.17) is 11.6 Å². The summed E-state index contributed by atoms with van der Waals surface area (Å²) in [7, 11) is 0. The van der Waals surface area contributed by atoms with Crippen LogP contribution in [-0.2, 0) is 0 Å². The molecule has 0 aliphatic carbocycles. The number of aryl methyl sites for hydroxylation is 1. The Morgan fingerprint density at radius 3 is 2.28 bits per heavy atom. The summed E-state index contributed by atoms with van der Waals surface area (Å²) in [6, 6.07) is 9.59. The van der Waals surface area contributed by atoms with Gasteiger partial charge in [-0.25, -0.2) is 9.67 Å². The van der Waals surface area contributed by atoms with Crippen LogP contribution in [0.5, 0.6) is 0 Å². The first kappa shape index (κ1) is 15.8. The Kier molecular flexibility index (Phi) is 4.23. The van der Waals surface area contributed by atoms with Crippen molar-refractivity contribution < 1.29 is 0 Å². The summed E-state index contributed by atoms with van der Waals surface area (Å²) >= 11 is 6.24. The van der Waals surface area contributed by atoms with Crippen LogP contribution in [0, 0.1) is 6.92 Å². The smallest absolute Gasteiger partial charge is 0.175 e. The molecule has 0 spiro atoms. The van der Waals surface area contributed by atoms with Crippen molar-refractivity contribution in [3.8, 4) is 5.82 Å². The molecule has 128 valence electrons. The van der Waals surface area contributed by atoms with Gasteiger partial charge in [0.05, 0.1) is 10.7 Å². The van der Waals surface area contributed by atoms with E-state index in [9.17, 15) is 0 Å². The second-order valence-electron chi connectivity index (χ2n) is 5.93. The summed E-state index contributed by atoms with van der Waals surface area (Å²) in [5.74, 6) is 2.44. The van der Waals surface area contributed by atoms with Crippen LogP contribution in [0.25, 0.3) is 5.82 Å². The molecule has 3 aromatic heterocycles. The zero-order valence-corrected chi connectivity index (χ0v) is 14.6. The second kappa shape index (κ2) is 6.68. The molecule has 1 aliphatic heterocycles. The average molecular weight is 356 g/mol. The third-order valence-corrected chi connectivity index (χ3v) is 4.53. The molecule has 7 nitrogen and oxygen atoms in total. The van der Waals surface area contributed by atoms with Gasteiger partial charge in [0.2, 0.25) is 0 Å². The van der Waals surface area contributed by atoms with Crippen molar-refractivity contribution in [2.75, 3.05) is 36.0 Å². The lowest BCUT2D eigenvalue weighted by atomic mass is 10.3. The number of piperazine rings is 1. The number of nitrogens with zero attached hydrogens (tertiary/aromatic N) is 7. The fourth-order valence-electron chi connectivity index (χ4n) is 2.91. The van der Waals surface area contributed by atoms with Gasteiger partial charge in [0.25, 0.3) is 0 Å². The number of aromatic nitrogens is 5. The normalized spacial score (nSPS) is 14.8. The molecule has 0 unspecified atom stereocenters. The summed E-state index contributed by atoms with van der Waals surface area (Å²) in [5.41, 5.74) is 0.954. The SMILES string of the molecule is Cc1ccn(-c2ccc(N3CCN(c4ncccc4Cl)CC3)nn2)n1. The van der Waals surface area contributed by atoms with Gasteiger partial charge in [0, 0.05) is 38.6 Å². The maximum absolute atomic E-state index is 6.24. The number of pyridine rings is 1. The highest BCUT2D eigenvalue weighted by Crippen LogP contribution is 2.24. The Hall–Kier alpha value is -2.67. The van der Waals surface area contributed by atoms with Crippen LogP contribution in [0.3, 0.4) is 0 Å². The van der Waals surface area contributed by atoms with Gasteiger partial charge in [-0.1, -0.05) is 11.6 Å². The first-order valence-electron chi connectivity index (χ1n) is 8.17. The molecule has 0 atom stereocenters.